The van der Waals surface area contributed by atoms with Gasteiger partial charge in [-0.05, 0) is 38.0 Å². The Bertz CT molecular complexity index is 569. The van der Waals surface area contributed by atoms with Crippen molar-refractivity contribution >= 4 is 10.9 Å². The second-order valence-electron chi connectivity index (χ2n) is 5.16. The third-order valence-electron chi connectivity index (χ3n) is 3.68. The Morgan fingerprint density at radius 2 is 2.12 bits per heavy atom. The van der Waals surface area contributed by atoms with Crippen molar-refractivity contribution in [1.82, 2.24) is 10.3 Å². The molecule has 2 heterocycles. The lowest BCUT2D eigenvalue weighted by Gasteiger charge is -2.31. The highest BCUT2D eigenvalue weighted by Crippen LogP contribution is 2.37. The number of aromatic amines is 1. The summed E-state index contributed by atoms with van der Waals surface area (Å²) < 4.78 is 5.48. The first kappa shape index (κ1) is 10.7. The van der Waals surface area contributed by atoms with Gasteiger partial charge in [0.15, 0.2) is 0 Å². The summed E-state index contributed by atoms with van der Waals surface area (Å²) in [7, 11) is 1.74. The second kappa shape index (κ2) is 3.50. The molecule has 1 aromatic carbocycles. The van der Waals surface area contributed by atoms with Crippen LogP contribution in [0.4, 0.5) is 0 Å². The van der Waals surface area contributed by atoms with Crippen molar-refractivity contribution in [1.29, 1.82) is 0 Å². The van der Waals surface area contributed by atoms with Gasteiger partial charge in [0, 0.05) is 23.1 Å². The third-order valence-corrected chi connectivity index (χ3v) is 3.68. The van der Waals surface area contributed by atoms with Crippen LogP contribution in [0.15, 0.2) is 18.2 Å². The van der Waals surface area contributed by atoms with Gasteiger partial charge in [-0.25, -0.2) is 0 Å². The summed E-state index contributed by atoms with van der Waals surface area (Å²) in [4.78, 5) is 3.54. The van der Waals surface area contributed by atoms with Crippen molar-refractivity contribution < 1.29 is 4.74 Å². The first-order chi connectivity index (χ1) is 8.13. The van der Waals surface area contributed by atoms with E-state index < -0.39 is 0 Å². The van der Waals surface area contributed by atoms with Crippen LogP contribution in [0.3, 0.4) is 0 Å². The van der Waals surface area contributed by atoms with Crippen molar-refractivity contribution in [3.8, 4) is 5.75 Å². The van der Waals surface area contributed by atoms with Crippen molar-refractivity contribution in [2.75, 3.05) is 13.7 Å². The van der Waals surface area contributed by atoms with Crippen LogP contribution in [-0.4, -0.2) is 18.6 Å². The van der Waals surface area contributed by atoms with Crippen molar-refractivity contribution in [3.05, 3.63) is 29.5 Å². The molecule has 90 valence electrons. The summed E-state index contributed by atoms with van der Waals surface area (Å²) >= 11 is 0. The van der Waals surface area contributed by atoms with Crippen LogP contribution in [0, 0.1) is 0 Å². The zero-order valence-electron chi connectivity index (χ0n) is 10.6. The van der Waals surface area contributed by atoms with Gasteiger partial charge in [-0.15, -0.1) is 0 Å². The number of fused-ring (bicyclic) bond motifs is 3. The summed E-state index contributed by atoms with van der Waals surface area (Å²) in [6.45, 7) is 5.45. The van der Waals surface area contributed by atoms with Crippen molar-refractivity contribution in [2.24, 2.45) is 0 Å². The number of methoxy groups -OCH3 is 1. The van der Waals surface area contributed by atoms with Gasteiger partial charge < -0.3 is 15.0 Å². The number of hydrogen-bond donors (Lipinski definition) is 2. The Kier molecular flexibility index (Phi) is 2.20. The molecule has 0 aliphatic carbocycles. The average Bonchev–Trinajstić information content (AvgIpc) is 2.69. The molecule has 0 radical (unpaired) electrons. The Morgan fingerprint density at radius 3 is 2.88 bits per heavy atom. The van der Waals surface area contributed by atoms with Crippen LogP contribution >= 0.6 is 0 Å². The van der Waals surface area contributed by atoms with Crippen LogP contribution in [0.5, 0.6) is 5.75 Å². The van der Waals surface area contributed by atoms with Crippen LogP contribution in [0.1, 0.15) is 25.1 Å². The second-order valence-corrected chi connectivity index (χ2v) is 5.16. The van der Waals surface area contributed by atoms with Gasteiger partial charge in [-0.1, -0.05) is 6.07 Å². The molecule has 0 spiro atoms. The van der Waals surface area contributed by atoms with E-state index in [1.165, 1.54) is 22.2 Å². The Hall–Kier alpha value is -1.48. The number of aromatic nitrogens is 1. The fraction of sp³-hybridized carbons (Fsp3) is 0.429. The van der Waals surface area contributed by atoms with E-state index in [1.807, 2.05) is 12.1 Å². The minimum absolute atomic E-state index is 0.0115. The third kappa shape index (κ3) is 1.46. The summed E-state index contributed by atoms with van der Waals surface area (Å²) in [5, 5.41) is 4.79. The summed E-state index contributed by atoms with van der Waals surface area (Å²) in [6.07, 6.45) is 1.05. The fourth-order valence-corrected chi connectivity index (χ4v) is 2.82. The van der Waals surface area contributed by atoms with Gasteiger partial charge in [0.2, 0.25) is 0 Å². The molecule has 0 amide bonds. The Morgan fingerprint density at radius 1 is 1.29 bits per heavy atom. The zero-order chi connectivity index (χ0) is 12.0. The van der Waals surface area contributed by atoms with Crippen molar-refractivity contribution in [2.45, 2.75) is 25.8 Å². The summed E-state index contributed by atoms with van der Waals surface area (Å²) in [5.41, 5.74) is 3.88. The maximum Gasteiger partial charge on any atom is 0.128 e. The number of nitrogens with one attached hydrogen (secondary N) is 2. The molecule has 3 rings (SSSR count). The van der Waals surface area contributed by atoms with Crippen LogP contribution in [-0.2, 0) is 12.0 Å². The van der Waals surface area contributed by atoms with Crippen LogP contribution < -0.4 is 10.1 Å². The van der Waals surface area contributed by atoms with E-state index >= 15 is 0 Å². The lowest BCUT2D eigenvalue weighted by molar-refractivity contribution is 0.374. The first-order valence-electron chi connectivity index (χ1n) is 6.06. The highest BCUT2D eigenvalue weighted by molar-refractivity contribution is 5.91. The zero-order valence-corrected chi connectivity index (χ0v) is 10.6. The Labute approximate surface area is 101 Å². The van der Waals surface area contributed by atoms with Crippen LogP contribution in [0.25, 0.3) is 10.9 Å². The predicted molar refractivity (Wildman–Crippen MR) is 69.6 cm³/mol. The largest absolute Gasteiger partial charge is 0.496 e. The number of benzene rings is 1. The molecule has 1 aromatic heterocycles. The van der Waals surface area contributed by atoms with E-state index in [4.69, 9.17) is 4.74 Å². The van der Waals surface area contributed by atoms with E-state index in [2.05, 4.69) is 30.2 Å². The minimum Gasteiger partial charge on any atom is -0.496 e. The van der Waals surface area contributed by atoms with E-state index in [-0.39, 0.29) is 5.54 Å². The molecule has 0 unspecified atom stereocenters. The summed E-state index contributed by atoms with van der Waals surface area (Å²) in [5.74, 6) is 0.970. The first-order valence-corrected chi connectivity index (χ1v) is 6.06. The average molecular weight is 230 g/mol. The van der Waals surface area contributed by atoms with E-state index in [1.54, 1.807) is 7.11 Å². The van der Waals surface area contributed by atoms with Gasteiger partial charge in [-0.3, -0.25) is 0 Å². The lowest BCUT2D eigenvalue weighted by atomic mass is 9.90. The van der Waals surface area contributed by atoms with Gasteiger partial charge in [-0.2, -0.15) is 0 Å². The Balaban J connectivity index is 2.35. The lowest BCUT2D eigenvalue weighted by Crippen LogP contribution is -2.42. The molecule has 2 N–H and O–H groups in total. The maximum absolute atomic E-state index is 5.48. The van der Waals surface area contributed by atoms with E-state index in [9.17, 15) is 0 Å². The molecule has 17 heavy (non-hydrogen) atoms. The molecule has 3 nitrogen and oxygen atoms in total. The van der Waals surface area contributed by atoms with Gasteiger partial charge >= 0.3 is 0 Å². The standard InChI is InChI=1S/C14H18N2O/c1-14(2)13-9(7-8-15-14)12-10(16-13)5-4-6-11(12)17-3/h4-6,15-16H,7-8H2,1-3H3. The number of hydrogen-bond acceptors (Lipinski definition) is 2. The smallest absolute Gasteiger partial charge is 0.128 e. The molecule has 0 atom stereocenters. The quantitative estimate of drug-likeness (QED) is 0.790. The van der Waals surface area contributed by atoms with E-state index in [0.29, 0.717) is 0 Å². The van der Waals surface area contributed by atoms with Crippen LogP contribution in [0.2, 0.25) is 0 Å². The van der Waals surface area contributed by atoms with Gasteiger partial charge in [0.05, 0.1) is 12.6 Å². The number of ether oxygens (including phenoxy) is 1. The molecule has 1 aliphatic rings. The van der Waals surface area contributed by atoms with Gasteiger partial charge in [0.25, 0.3) is 0 Å². The number of H-pyrrole nitrogens is 1. The maximum atomic E-state index is 5.48. The van der Waals surface area contributed by atoms with Crippen molar-refractivity contribution in [3.63, 3.8) is 0 Å². The molecular weight excluding hydrogens is 212 g/mol. The molecule has 0 saturated heterocycles. The monoisotopic (exact) mass is 230 g/mol. The minimum atomic E-state index is 0.0115. The highest BCUT2D eigenvalue weighted by atomic mass is 16.5. The molecular formula is C14H18N2O. The molecule has 3 heteroatoms. The highest BCUT2D eigenvalue weighted by Gasteiger charge is 2.30. The molecule has 0 saturated carbocycles. The van der Waals surface area contributed by atoms with Gasteiger partial charge in [0.1, 0.15) is 5.75 Å². The van der Waals surface area contributed by atoms with E-state index in [0.717, 1.165) is 18.7 Å². The fourth-order valence-electron chi connectivity index (χ4n) is 2.82. The number of rotatable bonds is 1. The molecule has 0 bridgehead atoms. The summed E-state index contributed by atoms with van der Waals surface area (Å²) in [6, 6.07) is 6.18. The SMILES string of the molecule is COc1cccc2[nH]c3c(c12)CCNC3(C)C. The predicted octanol–water partition coefficient (Wildman–Crippen LogP) is 2.56. The molecule has 1 aliphatic heterocycles. The molecule has 0 fully saturated rings. The molecule has 2 aromatic rings. The normalized spacial score (nSPS) is 18.1. The topological polar surface area (TPSA) is 37.0 Å².